The molecular weight excluding hydrogens is 256 g/mol. The maximum atomic E-state index is 11.0. The SMILES string of the molecule is CCCNc1cc([N+](=O)[O-])cc(N(C)C(C)C(C)C)n1. The number of aromatic nitrogens is 1. The Morgan fingerprint density at radius 3 is 2.55 bits per heavy atom. The third kappa shape index (κ3) is 4.08. The lowest BCUT2D eigenvalue weighted by molar-refractivity contribution is -0.384. The Hall–Kier alpha value is -1.85. The topological polar surface area (TPSA) is 71.3 Å². The monoisotopic (exact) mass is 280 g/mol. The molecule has 1 N–H and O–H groups in total. The summed E-state index contributed by atoms with van der Waals surface area (Å²) in [7, 11) is 1.92. The maximum absolute atomic E-state index is 11.0. The van der Waals surface area contributed by atoms with Crippen molar-refractivity contribution in [2.75, 3.05) is 23.8 Å². The van der Waals surface area contributed by atoms with E-state index in [1.54, 1.807) is 0 Å². The number of rotatable bonds is 7. The van der Waals surface area contributed by atoms with Gasteiger partial charge in [0.25, 0.3) is 5.69 Å². The molecule has 20 heavy (non-hydrogen) atoms. The van der Waals surface area contributed by atoms with Gasteiger partial charge in [-0.1, -0.05) is 20.8 Å². The van der Waals surface area contributed by atoms with Gasteiger partial charge in [-0.3, -0.25) is 10.1 Å². The average molecular weight is 280 g/mol. The molecule has 0 saturated heterocycles. The van der Waals surface area contributed by atoms with Crippen molar-refractivity contribution in [1.29, 1.82) is 0 Å². The van der Waals surface area contributed by atoms with Crippen LogP contribution in [0.3, 0.4) is 0 Å². The average Bonchev–Trinajstić information content (AvgIpc) is 2.42. The van der Waals surface area contributed by atoms with Gasteiger partial charge in [0.2, 0.25) is 0 Å². The lowest BCUT2D eigenvalue weighted by Crippen LogP contribution is -2.33. The van der Waals surface area contributed by atoms with Crippen LogP contribution in [0, 0.1) is 16.0 Å². The number of hydrogen-bond acceptors (Lipinski definition) is 5. The Morgan fingerprint density at radius 1 is 1.40 bits per heavy atom. The van der Waals surface area contributed by atoms with Crippen LogP contribution in [-0.2, 0) is 0 Å². The molecular formula is C14H24N4O2. The first-order valence-electron chi connectivity index (χ1n) is 7.00. The zero-order chi connectivity index (χ0) is 15.3. The van der Waals surface area contributed by atoms with E-state index in [1.165, 1.54) is 12.1 Å². The fourth-order valence-corrected chi connectivity index (χ4v) is 1.79. The van der Waals surface area contributed by atoms with Crippen LogP contribution in [0.25, 0.3) is 0 Å². The van der Waals surface area contributed by atoms with Gasteiger partial charge in [-0.05, 0) is 19.3 Å². The molecule has 0 amide bonds. The summed E-state index contributed by atoms with van der Waals surface area (Å²) in [6.07, 6.45) is 0.942. The highest BCUT2D eigenvalue weighted by atomic mass is 16.6. The molecule has 0 aliphatic rings. The van der Waals surface area contributed by atoms with Crippen molar-refractivity contribution in [3.63, 3.8) is 0 Å². The van der Waals surface area contributed by atoms with E-state index in [9.17, 15) is 10.1 Å². The second-order valence-corrected chi connectivity index (χ2v) is 5.35. The first kappa shape index (κ1) is 16.2. The molecule has 6 nitrogen and oxygen atoms in total. The molecule has 1 aromatic heterocycles. The van der Waals surface area contributed by atoms with Crippen LogP contribution in [0.2, 0.25) is 0 Å². The standard InChI is InChI=1S/C14H24N4O2/c1-6-7-15-13-8-12(18(19)20)9-14(16-13)17(5)11(4)10(2)3/h8-11H,6-7H2,1-5H3,(H,15,16). The van der Waals surface area contributed by atoms with Gasteiger partial charge in [-0.25, -0.2) is 4.98 Å². The van der Waals surface area contributed by atoms with Gasteiger partial charge in [-0.15, -0.1) is 0 Å². The van der Waals surface area contributed by atoms with E-state index < -0.39 is 0 Å². The largest absolute Gasteiger partial charge is 0.370 e. The zero-order valence-electron chi connectivity index (χ0n) is 12.9. The van der Waals surface area contributed by atoms with E-state index in [2.05, 4.69) is 31.1 Å². The first-order valence-corrected chi connectivity index (χ1v) is 7.00. The summed E-state index contributed by atoms with van der Waals surface area (Å²) in [5, 5.41) is 14.1. The van der Waals surface area contributed by atoms with Crippen LogP contribution in [0.15, 0.2) is 12.1 Å². The van der Waals surface area contributed by atoms with E-state index >= 15 is 0 Å². The Labute approximate surface area is 120 Å². The Morgan fingerprint density at radius 2 is 2.05 bits per heavy atom. The van der Waals surface area contributed by atoms with Crippen LogP contribution >= 0.6 is 0 Å². The third-order valence-electron chi connectivity index (χ3n) is 3.50. The highest BCUT2D eigenvalue weighted by Gasteiger charge is 2.19. The molecule has 1 atom stereocenters. The van der Waals surface area contributed by atoms with Crippen molar-refractivity contribution in [3.8, 4) is 0 Å². The van der Waals surface area contributed by atoms with Crippen molar-refractivity contribution < 1.29 is 4.92 Å². The molecule has 112 valence electrons. The summed E-state index contributed by atoms with van der Waals surface area (Å²) in [6.45, 7) is 9.11. The molecule has 0 aliphatic carbocycles. The number of hydrogen-bond donors (Lipinski definition) is 1. The Kier molecular flexibility index (Phi) is 5.73. The van der Waals surface area contributed by atoms with E-state index in [-0.39, 0.29) is 16.7 Å². The highest BCUT2D eigenvalue weighted by molar-refractivity contribution is 5.56. The van der Waals surface area contributed by atoms with Crippen molar-refractivity contribution in [3.05, 3.63) is 22.2 Å². The van der Waals surface area contributed by atoms with Crippen molar-refractivity contribution in [1.82, 2.24) is 4.98 Å². The molecule has 0 bridgehead atoms. The van der Waals surface area contributed by atoms with Gasteiger partial charge in [0.1, 0.15) is 11.6 Å². The van der Waals surface area contributed by atoms with Crippen LogP contribution in [0.5, 0.6) is 0 Å². The van der Waals surface area contributed by atoms with E-state index in [0.717, 1.165) is 13.0 Å². The van der Waals surface area contributed by atoms with Gasteiger partial charge in [0, 0.05) is 19.6 Å². The van der Waals surface area contributed by atoms with Crippen LogP contribution in [-0.4, -0.2) is 29.5 Å². The van der Waals surface area contributed by atoms with Crippen molar-refractivity contribution >= 4 is 17.3 Å². The number of nitro groups is 1. The molecule has 1 rings (SSSR count). The van der Waals surface area contributed by atoms with E-state index in [0.29, 0.717) is 17.6 Å². The van der Waals surface area contributed by atoms with Gasteiger partial charge in [0.05, 0.1) is 17.1 Å². The highest BCUT2D eigenvalue weighted by Crippen LogP contribution is 2.25. The van der Waals surface area contributed by atoms with Crippen LogP contribution in [0.1, 0.15) is 34.1 Å². The van der Waals surface area contributed by atoms with E-state index in [4.69, 9.17) is 0 Å². The number of nitrogens with zero attached hydrogens (tertiary/aromatic N) is 3. The predicted molar refractivity (Wildman–Crippen MR) is 82.4 cm³/mol. The second kappa shape index (κ2) is 7.07. The molecule has 0 radical (unpaired) electrons. The first-order chi connectivity index (χ1) is 9.36. The molecule has 1 aromatic rings. The lowest BCUT2D eigenvalue weighted by Gasteiger charge is -2.29. The molecule has 0 saturated carbocycles. The predicted octanol–water partition coefficient (Wildman–Crippen LogP) is 3.29. The normalized spacial score (nSPS) is 12.3. The van der Waals surface area contributed by atoms with Gasteiger partial charge in [-0.2, -0.15) is 0 Å². The molecule has 6 heteroatoms. The molecule has 0 aromatic carbocycles. The zero-order valence-corrected chi connectivity index (χ0v) is 12.9. The summed E-state index contributed by atoms with van der Waals surface area (Å²) in [5.41, 5.74) is 0.0661. The Balaban J connectivity index is 3.10. The summed E-state index contributed by atoms with van der Waals surface area (Å²) in [6, 6.07) is 3.26. The number of anilines is 2. The van der Waals surface area contributed by atoms with Crippen molar-refractivity contribution in [2.45, 2.75) is 40.2 Å². The summed E-state index contributed by atoms with van der Waals surface area (Å²) < 4.78 is 0. The maximum Gasteiger partial charge on any atom is 0.276 e. The minimum atomic E-state index is -0.379. The third-order valence-corrected chi connectivity index (χ3v) is 3.50. The van der Waals surface area contributed by atoms with Crippen molar-refractivity contribution in [2.24, 2.45) is 5.92 Å². The summed E-state index contributed by atoms with van der Waals surface area (Å²) in [5.74, 6) is 1.62. The quantitative estimate of drug-likeness (QED) is 0.613. The van der Waals surface area contributed by atoms with Gasteiger partial charge >= 0.3 is 0 Å². The molecule has 1 heterocycles. The molecule has 0 spiro atoms. The summed E-state index contributed by atoms with van der Waals surface area (Å²) in [4.78, 5) is 17.1. The Bertz CT molecular complexity index is 462. The fourth-order valence-electron chi connectivity index (χ4n) is 1.79. The number of nitrogens with one attached hydrogen (secondary N) is 1. The second-order valence-electron chi connectivity index (χ2n) is 5.35. The smallest absolute Gasteiger partial charge is 0.276 e. The number of pyridine rings is 1. The van der Waals surface area contributed by atoms with Gasteiger partial charge < -0.3 is 10.2 Å². The fraction of sp³-hybridized carbons (Fsp3) is 0.643. The van der Waals surface area contributed by atoms with Crippen LogP contribution in [0.4, 0.5) is 17.3 Å². The molecule has 0 fully saturated rings. The molecule has 1 unspecified atom stereocenters. The molecule has 0 aliphatic heterocycles. The minimum Gasteiger partial charge on any atom is -0.370 e. The minimum absolute atomic E-state index is 0.0661. The summed E-state index contributed by atoms with van der Waals surface area (Å²) >= 11 is 0. The van der Waals surface area contributed by atoms with E-state index in [1.807, 2.05) is 18.9 Å². The van der Waals surface area contributed by atoms with Crippen LogP contribution < -0.4 is 10.2 Å². The lowest BCUT2D eigenvalue weighted by atomic mass is 10.1. The van der Waals surface area contributed by atoms with Gasteiger partial charge in [0.15, 0.2) is 0 Å².